The van der Waals surface area contributed by atoms with E-state index in [1.807, 2.05) is 54.2 Å². The van der Waals surface area contributed by atoms with Crippen molar-refractivity contribution in [2.75, 3.05) is 5.32 Å². The van der Waals surface area contributed by atoms with Crippen LogP contribution in [0.4, 0.5) is 5.69 Å². The number of hydrogen-bond acceptors (Lipinski definition) is 2. The van der Waals surface area contributed by atoms with Crippen molar-refractivity contribution >= 4 is 33.5 Å². The number of benzene rings is 1. The predicted molar refractivity (Wildman–Crippen MR) is 87.0 cm³/mol. The van der Waals surface area contributed by atoms with E-state index in [1.54, 1.807) is 12.4 Å². The smallest absolute Gasteiger partial charge is 0.257 e. The summed E-state index contributed by atoms with van der Waals surface area (Å²) in [6.45, 7) is 0. The van der Waals surface area contributed by atoms with Crippen LogP contribution in [0.25, 0.3) is 21.9 Å². The van der Waals surface area contributed by atoms with Gasteiger partial charge in [0.2, 0.25) is 0 Å². The van der Waals surface area contributed by atoms with E-state index >= 15 is 0 Å². The minimum absolute atomic E-state index is 0.144. The van der Waals surface area contributed by atoms with Gasteiger partial charge in [0, 0.05) is 47.6 Å². The van der Waals surface area contributed by atoms with Crippen LogP contribution in [0.1, 0.15) is 10.4 Å². The number of amides is 1. The van der Waals surface area contributed by atoms with E-state index in [2.05, 4.69) is 15.3 Å². The minimum atomic E-state index is -0.144. The van der Waals surface area contributed by atoms with Crippen LogP contribution in [-0.2, 0) is 7.05 Å². The number of carbonyl (C=O) groups is 1. The van der Waals surface area contributed by atoms with Crippen LogP contribution < -0.4 is 5.32 Å². The lowest BCUT2D eigenvalue weighted by Crippen LogP contribution is -2.11. The molecule has 5 nitrogen and oxygen atoms in total. The molecular weight excluding hydrogens is 276 g/mol. The summed E-state index contributed by atoms with van der Waals surface area (Å²) >= 11 is 0. The molecule has 108 valence electrons. The number of aryl methyl sites for hydroxylation is 1. The average Bonchev–Trinajstić information content (AvgIpc) is 3.11. The molecule has 4 rings (SSSR count). The van der Waals surface area contributed by atoms with Gasteiger partial charge in [-0.15, -0.1) is 0 Å². The van der Waals surface area contributed by atoms with E-state index in [9.17, 15) is 4.79 Å². The number of rotatable bonds is 2. The number of carbonyl (C=O) groups excluding carboxylic acids is 1. The summed E-state index contributed by atoms with van der Waals surface area (Å²) in [5.41, 5.74) is 3.22. The van der Waals surface area contributed by atoms with Gasteiger partial charge in [-0.25, -0.2) is 4.98 Å². The highest BCUT2D eigenvalue weighted by atomic mass is 16.1. The lowest BCUT2D eigenvalue weighted by molar-refractivity contribution is 0.102. The zero-order valence-electron chi connectivity index (χ0n) is 12.0. The monoisotopic (exact) mass is 290 g/mol. The Kier molecular flexibility index (Phi) is 2.72. The first-order valence-electron chi connectivity index (χ1n) is 7.01. The van der Waals surface area contributed by atoms with E-state index < -0.39 is 0 Å². The Hall–Kier alpha value is -3.08. The summed E-state index contributed by atoms with van der Waals surface area (Å²) in [7, 11) is 2.00. The molecule has 1 aromatic carbocycles. The summed E-state index contributed by atoms with van der Waals surface area (Å²) in [6.07, 6.45) is 5.39. The number of anilines is 1. The molecule has 0 saturated heterocycles. The van der Waals surface area contributed by atoms with Gasteiger partial charge < -0.3 is 14.9 Å². The zero-order chi connectivity index (χ0) is 15.1. The maximum atomic E-state index is 12.5. The Labute approximate surface area is 126 Å². The number of nitrogens with one attached hydrogen (secondary N) is 2. The second-order valence-corrected chi connectivity index (χ2v) is 5.26. The predicted octanol–water partition coefficient (Wildman–Crippen LogP) is 3.31. The number of aromatic nitrogens is 3. The van der Waals surface area contributed by atoms with Crippen molar-refractivity contribution in [2.45, 2.75) is 0 Å². The second kappa shape index (κ2) is 4.73. The molecule has 22 heavy (non-hydrogen) atoms. The molecule has 0 aliphatic rings. The summed E-state index contributed by atoms with van der Waals surface area (Å²) in [5.74, 6) is -0.144. The van der Waals surface area contributed by atoms with E-state index in [4.69, 9.17) is 0 Å². The third-order valence-electron chi connectivity index (χ3n) is 3.84. The lowest BCUT2D eigenvalue weighted by Gasteiger charge is -2.05. The molecule has 0 aliphatic heterocycles. The maximum Gasteiger partial charge on any atom is 0.257 e. The first-order valence-corrected chi connectivity index (χ1v) is 7.01. The van der Waals surface area contributed by atoms with Crippen molar-refractivity contribution in [3.8, 4) is 0 Å². The van der Waals surface area contributed by atoms with Gasteiger partial charge in [0.25, 0.3) is 5.91 Å². The number of H-pyrrole nitrogens is 1. The molecular formula is C17H14N4O. The fraction of sp³-hybridized carbons (Fsp3) is 0.0588. The molecule has 0 spiro atoms. The third-order valence-corrected chi connectivity index (χ3v) is 3.84. The SMILES string of the molecule is Cn1ccc2cc(NC(=O)c3c[nH]c4ncccc34)ccc21. The summed E-state index contributed by atoms with van der Waals surface area (Å²) in [6, 6.07) is 11.6. The van der Waals surface area contributed by atoms with Gasteiger partial charge in [-0.05, 0) is 36.4 Å². The lowest BCUT2D eigenvalue weighted by atomic mass is 10.2. The van der Waals surface area contributed by atoms with Crippen LogP contribution in [0.2, 0.25) is 0 Å². The molecule has 0 atom stereocenters. The van der Waals surface area contributed by atoms with Gasteiger partial charge in [0.15, 0.2) is 0 Å². The highest BCUT2D eigenvalue weighted by Crippen LogP contribution is 2.21. The second-order valence-electron chi connectivity index (χ2n) is 5.26. The molecule has 0 unspecified atom stereocenters. The van der Waals surface area contributed by atoms with Gasteiger partial charge in [0.05, 0.1) is 5.56 Å². The number of pyridine rings is 1. The average molecular weight is 290 g/mol. The van der Waals surface area contributed by atoms with Crippen LogP contribution in [0.3, 0.4) is 0 Å². The Morgan fingerprint density at radius 2 is 2.18 bits per heavy atom. The van der Waals surface area contributed by atoms with Crippen molar-refractivity contribution in [2.24, 2.45) is 7.05 Å². The summed E-state index contributed by atoms with van der Waals surface area (Å²) in [5, 5.41) is 4.86. The third kappa shape index (κ3) is 1.95. The van der Waals surface area contributed by atoms with Crippen LogP contribution in [0.5, 0.6) is 0 Å². The Bertz CT molecular complexity index is 996. The number of hydrogen-bond donors (Lipinski definition) is 2. The van der Waals surface area contributed by atoms with Gasteiger partial charge in [-0.3, -0.25) is 4.79 Å². The van der Waals surface area contributed by atoms with Crippen molar-refractivity contribution in [1.82, 2.24) is 14.5 Å². The topological polar surface area (TPSA) is 62.7 Å². The van der Waals surface area contributed by atoms with Crippen molar-refractivity contribution < 1.29 is 4.79 Å². The van der Waals surface area contributed by atoms with Crippen LogP contribution >= 0.6 is 0 Å². The summed E-state index contributed by atoms with van der Waals surface area (Å²) in [4.78, 5) is 19.7. The quantitative estimate of drug-likeness (QED) is 0.595. The van der Waals surface area contributed by atoms with Crippen molar-refractivity contribution in [3.63, 3.8) is 0 Å². The highest BCUT2D eigenvalue weighted by molar-refractivity contribution is 6.12. The standard InChI is InChI=1S/C17H14N4O/c1-21-8-6-11-9-12(4-5-15(11)21)20-17(22)14-10-19-16-13(14)3-2-7-18-16/h2-10H,1H3,(H,18,19)(H,20,22). The van der Waals surface area contributed by atoms with E-state index in [0.29, 0.717) is 11.2 Å². The number of nitrogens with zero attached hydrogens (tertiary/aromatic N) is 2. The Morgan fingerprint density at radius 1 is 1.27 bits per heavy atom. The molecule has 0 aliphatic carbocycles. The molecule has 3 heterocycles. The molecule has 0 bridgehead atoms. The van der Waals surface area contributed by atoms with Crippen molar-refractivity contribution in [1.29, 1.82) is 0 Å². The highest BCUT2D eigenvalue weighted by Gasteiger charge is 2.12. The molecule has 2 N–H and O–H groups in total. The van der Waals surface area contributed by atoms with E-state index in [-0.39, 0.29) is 5.91 Å². The Morgan fingerprint density at radius 3 is 3.09 bits per heavy atom. The van der Waals surface area contributed by atoms with Crippen LogP contribution in [0, 0.1) is 0 Å². The van der Waals surface area contributed by atoms with Gasteiger partial charge in [-0.1, -0.05) is 0 Å². The zero-order valence-corrected chi connectivity index (χ0v) is 12.0. The molecule has 3 aromatic heterocycles. The van der Waals surface area contributed by atoms with Crippen molar-refractivity contribution in [3.05, 3.63) is 60.6 Å². The van der Waals surface area contributed by atoms with Gasteiger partial charge in [0.1, 0.15) is 5.65 Å². The van der Waals surface area contributed by atoms with Gasteiger partial charge in [-0.2, -0.15) is 0 Å². The Balaban J connectivity index is 1.68. The molecule has 4 aromatic rings. The molecule has 1 amide bonds. The molecule has 0 saturated carbocycles. The minimum Gasteiger partial charge on any atom is -0.351 e. The van der Waals surface area contributed by atoms with Gasteiger partial charge >= 0.3 is 0 Å². The fourth-order valence-corrected chi connectivity index (χ4v) is 2.70. The molecule has 0 radical (unpaired) electrons. The first kappa shape index (κ1) is 12.6. The normalized spacial score (nSPS) is 11.1. The molecule has 0 fully saturated rings. The first-order chi connectivity index (χ1) is 10.7. The largest absolute Gasteiger partial charge is 0.351 e. The number of fused-ring (bicyclic) bond motifs is 2. The number of aromatic amines is 1. The van der Waals surface area contributed by atoms with E-state index in [0.717, 1.165) is 22.0 Å². The fourth-order valence-electron chi connectivity index (χ4n) is 2.70. The van der Waals surface area contributed by atoms with E-state index in [1.165, 1.54) is 0 Å². The maximum absolute atomic E-state index is 12.5. The molecule has 5 heteroatoms. The van der Waals surface area contributed by atoms with Crippen LogP contribution in [-0.4, -0.2) is 20.4 Å². The summed E-state index contributed by atoms with van der Waals surface area (Å²) < 4.78 is 2.05. The van der Waals surface area contributed by atoms with Crippen LogP contribution in [0.15, 0.2) is 55.0 Å².